The van der Waals surface area contributed by atoms with Gasteiger partial charge in [0, 0.05) is 25.1 Å². The van der Waals surface area contributed by atoms with Gasteiger partial charge in [-0.1, -0.05) is 0 Å². The summed E-state index contributed by atoms with van der Waals surface area (Å²) in [7, 11) is 3.94. The molecule has 0 saturated carbocycles. The minimum atomic E-state index is -0.957. The SMILES string of the molecule is CN(C)CCc1nc2c(c(C(=O)O)n1)CCNC2. The third-order valence-electron chi connectivity index (χ3n) is 2.97. The topological polar surface area (TPSA) is 78.4 Å². The number of hydrogen-bond acceptors (Lipinski definition) is 5. The van der Waals surface area contributed by atoms with Crippen LogP contribution in [0.15, 0.2) is 0 Å². The van der Waals surface area contributed by atoms with Gasteiger partial charge in [-0.25, -0.2) is 14.8 Å². The first-order valence-corrected chi connectivity index (χ1v) is 6.05. The Hall–Kier alpha value is -1.53. The van der Waals surface area contributed by atoms with Crippen LogP contribution in [-0.4, -0.2) is 53.1 Å². The van der Waals surface area contributed by atoms with Crippen molar-refractivity contribution in [2.45, 2.75) is 19.4 Å². The molecule has 0 unspecified atom stereocenters. The second-order valence-corrected chi connectivity index (χ2v) is 4.70. The van der Waals surface area contributed by atoms with Crippen LogP contribution in [-0.2, 0) is 19.4 Å². The number of likely N-dealkylation sites (N-methyl/N-ethyl adjacent to an activating group) is 1. The average molecular weight is 250 g/mol. The molecule has 18 heavy (non-hydrogen) atoms. The third kappa shape index (κ3) is 2.83. The van der Waals surface area contributed by atoms with Crippen molar-refractivity contribution < 1.29 is 9.90 Å². The van der Waals surface area contributed by atoms with Crippen LogP contribution in [0.25, 0.3) is 0 Å². The number of carboxylic acid groups (broad SMARTS) is 1. The first kappa shape index (κ1) is 12.9. The van der Waals surface area contributed by atoms with E-state index >= 15 is 0 Å². The molecule has 6 nitrogen and oxygen atoms in total. The molecule has 0 fully saturated rings. The summed E-state index contributed by atoms with van der Waals surface area (Å²) in [5, 5.41) is 12.4. The molecule has 2 rings (SSSR count). The van der Waals surface area contributed by atoms with Gasteiger partial charge in [0.25, 0.3) is 0 Å². The third-order valence-corrected chi connectivity index (χ3v) is 2.97. The highest BCUT2D eigenvalue weighted by Crippen LogP contribution is 2.16. The highest BCUT2D eigenvalue weighted by atomic mass is 16.4. The smallest absolute Gasteiger partial charge is 0.354 e. The Bertz CT molecular complexity index is 460. The van der Waals surface area contributed by atoms with Gasteiger partial charge in [0.2, 0.25) is 0 Å². The van der Waals surface area contributed by atoms with Crippen LogP contribution in [0.1, 0.15) is 27.6 Å². The van der Waals surface area contributed by atoms with Crippen LogP contribution >= 0.6 is 0 Å². The van der Waals surface area contributed by atoms with E-state index in [1.807, 2.05) is 19.0 Å². The summed E-state index contributed by atoms with van der Waals surface area (Å²) in [5.74, 6) is -0.342. The summed E-state index contributed by atoms with van der Waals surface area (Å²) in [4.78, 5) is 21.9. The Morgan fingerprint density at radius 1 is 1.44 bits per heavy atom. The van der Waals surface area contributed by atoms with E-state index in [0.29, 0.717) is 25.2 Å². The van der Waals surface area contributed by atoms with Gasteiger partial charge in [-0.2, -0.15) is 0 Å². The lowest BCUT2D eigenvalue weighted by molar-refractivity contribution is 0.0688. The first-order chi connectivity index (χ1) is 8.58. The van der Waals surface area contributed by atoms with E-state index in [0.717, 1.165) is 24.3 Å². The second-order valence-electron chi connectivity index (χ2n) is 4.70. The van der Waals surface area contributed by atoms with E-state index in [1.54, 1.807) is 0 Å². The predicted molar refractivity (Wildman–Crippen MR) is 66.7 cm³/mol. The monoisotopic (exact) mass is 250 g/mol. The van der Waals surface area contributed by atoms with Crippen LogP contribution in [0, 0.1) is 0 Å². The van der Waals surface area contributed by atoms with Crippen molar-refractivity contribution in [1.82, 2.24) is 20.2 Å². The van der Waals surface area contributed by atoms with E-state index in [9.17, 15) is 9.90 Å². The molecular formula is C12H18N4O2. The molecule has 0 saturated heterocycles. The van der Waals surface area contributed by atoms with Gasteiger partial charge < -0.3 is 15.3 Å². The van der Waals surface area contributed by atoms with Gasteiger partial charge in [-0.3, -0.25) is 0 Å². The van der Waals surface area contributed by atoms with Crippen molar-refractivity contribution >= 4 is 5.97 Å². The fraction of sp³-hybridized carbons (Fsp3) is 0.583. The van der Waals surface area contributed by atoms with Crippen molar-refractivity contribution in [2.24, 2.45) is 0 Å². The van der Waals surface area contributed by atoms with Crippen molar-refractivity contribution in [2.75, 3.05) is 27.2 Å². The van der Waals surface area contributed by atoms with Gasteiger partial charge in [-0.15, -0.1) is 0 Å². The fourth-order valence-corrected chi connectivity index (χ4v) is 2.02. The number of nitrogens with one attached hydrogen (secondary N) is 1. The summed E-state index contributed by atoms with van der Waals surface area (Å²) in [6.07, 6.45) is 1.35. The maximum absolute atomic E-state index is 11.2. The molecule has 0 spiro atoms. The van der Waals surface area contributed by atoms with E-state index in [4.69, 9.17) is 0 Å². The van der Waals surface area contributed by atoms with Crippen molar-refractivity contribution in [1.29, 1.82) is 0 Å². The van der Waals surface area contributed by atoms with E-state index in [-0.39, 0.29) is 5.69 Å². The van der Waals surface area contributed by atoms with Crippen molar-refractivity contribution in [3.05, 3.63) is 22.8 Å². The lowest BCUT2D eigenvalue weighted by Crippen LogP contribution is -2.28. The van der Waals surface area contributed by atoms with E-state index in [2.05, 4.69) is 15.3 Å². The molecule has 6 heteroatoms. The van der Waals surface area contributed by atoms with Gasteiger partial charge >= 0.3 is 5.97 Å². The number of aromatic nitrogens is 2. The minimum Gasteiger partial charge on any atom is -0.477 e. The zero-order valence-electron chi connectivity index (χ0n) is 10.7. The lowest BCUT2D eigenvalue weighted by Gasteiger charge is -2.19. The van der Waals surface area contributed by atoms with Crippen LogP contribution in [0.5, 0.6) is 0 Å². The quantitative estimate of drug-likeness (QED) is 0.778. The van der Waals surface area contributed by atoms with Crippen LogP contribution in [0.4, 0.5) is 0 Å². The summed E-state index contributed by atoms with van der Waals surface area (Å²) in [6.45, 7) is 2.23. The summed E-state index contributed by atoms with van der Waals surface area (Å²) < 4.78 is 0. The number of rotatable bonds is 4. The summed E-state index contributed by atoms with van der Waals surface area (Å²) in [5.41, 5.74) is 1.80. The molecule has 0 atom stereocenters. The molecule has 0 radical (unpaired) electrons. The first-order valence-electron chi connectivity index (χ1n) is 6.05. The zero-order chi connectivity index (χ0) is 13.1. The Kier molecular flexibility index (Phi) is 3.88. The molecular weight excluding hydrogens is 232 g/mol. The number of carboxylic acids is 1. The number of hydrogen-bond donors (Lipinski definition) is 2. The van der Waals surface area contributed by atoms with Crippen molar-refractivity contribution in [3.63, 3.8) is 0 Å². The van der Waals surface area contributed by atoms with Crippen LogP contribution < -0.4 is 5.32 Å². The van der Waals surface area contributed by atoms with Gasteiger partial charge in [0.15, 0.2) is 5.69 Å². The highest BCUT2D eigenvalue weighted by Gasteiger charge is 2.21. The van der Waals surface area contributed by atoms with Crippen molar-refractivity contribution in [3.8, 4) is 0 Å². The molecule has 0 amide bonds. The number of aromatic carboxylic acids is 1. The van der Waals surface area contributed by atoms with E-state index < -0.39 is 5.97 Å². The zero-order valence-corrected chi connectivity index (χ0v) is 10.7. The number of fused-ring (bicyclic) bond motifs is 1. The molecule has 1 aromatic heterocycles. The summed E-state index contributed by atoms with van der Waals surface area (Å²) in [6, 6.07) is 0. The minimum absolute atomic E-state index is 0.176. The van der Waals surface area contributed by atoms with Gasteiger partial charge in [-0.05, 0) is 27.1 Å². The molecule has 98 valence electrons. The number of nitrogens with zero attached hydrogens (tertiary/aromatic N) is 3. The second kappa shape index (κ2) is 5.41. The molecule has 1 aliphatic heterocycles. The Labute approximate surface area is 106 Å². The largest absolute Gasteiger partial charge is 0.477 e. The molecule has 0 bridgehead atoms. The molecule has 2 N–H and O–H groups in total. The van der Waals surface area contributed by atoms with Crippen LogP contribution in [0.3, 0.4) is 0 Å². The Balaban J connectivity index is 2.32. The molecule has 0 aliphatic carbocycles. The Morgan fingerprint density at radius 2 is 2.22 bits per heavy atom. The molecule has 0 aromatic carbocycles. The lowest BCUT2D eigenvalue weighted by atomic mass is 10.0. The summed E-state index contributed by atoms with van der Waals surface area (Å²) >= 11 is 0. The van der Waals surface area contributed by atoms with Gasteiger partial charge in [0.05, 0.1) is 5.69 Å². The predicted octanol–water partition coefficient (Wildman–Crippen LogP) is -0.0754. The maximum Gasteiger partial charge on any atom is 0.354 e. The average Bonchev–Trinajstić information content (AvgIpc) is 2.35. The Morgan fingerprint density at radius 3 is 2.89 bits per heavy atom. The van der Waals surface area contributed by atoms with Crippen LogP contribution in [0.2, 0.25) is 0 Å². The van der Waals surface area contributed by atoms with Gasteiger partial charge in [0.1, 0.15) is 5.82 Å². The highest BCUT2D eigenvalue weighted by molar-refractivity contribution is 5.87. The molecule has 1 aliphatic rings. The molecule has 2 heterocycles. The standard InChI is InChI=1S/C12H18N4O2/c1-16(2)6-4-10-14-9-7-13-5-3-8(9)11(15-10)12(17)18/h13H,3-7H2,1-2H3,(H,17,18). The normalized spacial score (nSPS) is 14.6. The van der Waals surface area contributed by atoms with E-state index in [1.165, 1.54) is 0 Å². The molecule has 1 aromatic rings. The maximum atomic E-state index is 11.2. The number of carbonyl (C=O) groups is 1. The fourth-order valence-electron chi connectivity index (χ4n) is 2.02.